The predicted octanol–water partition coefficient (Wildman–Crippen LogP) is 5.62. The maximum atomic E-state index is 12.2. The third-order valence-electron chi connectivity index (χ3n) is 4.61. The summed E-state index contributed by atoms with van der Waals surface area (Å²) in [5, 5.41) is 5.43. The molecule has 164 valence electrons. The second-order valence-electron chi connectivity index (χ2n) is 8.61. The smallest absolute Gasteiger partial charge is 0.407 e. The van der Waals surface area contributed by atoms with E-state index in [0.717, 1.165) is 6.42 Å². The second kappa shape index (κ2) is 14.0. The zero-order valence-corrected chi connectivity index (χ0v) is 18.8. The van der Waals surface area contributed by atoms with E-state index in [1.807, 2.05) is 45.0 Å². The first kappa shape index (κ1) is 25.0. The number of unbranched alkanes of at least 4 members (excludes halogenated alkanes) is 7. The summed E-state index contributed by atoms with van der Waals surface area (Å²) in [7, 11) is 0. The number of carbonyl (C=O) groups excluding carboxylic acids is 2. The quantitative estimate of drug-likeness (QED) is 0.419. The molecule has 5 heteroatoms. The molecule has 1 aromatic carbocycles. The molecule has 0 aliphatic carbocycles. The first-order valence-electron chi connectivity index (χ1n) is 11.2. The van der Waals surface area contributed by atoms with E-state index in [1.165, 1.54) is 56.9 Å². The molecule has 0 spiro atoms. The summed E-state index contributed by atoms with van der Waals surface area (Å²) in [4.78, 5) is 23.7. The molecule has 2 N–H and O–H groups in total. The van der Waals surface area contributed by atoms with Crippen molar-refractivity contribution in [1.29, 1.82) is 0 Å². The molecule has 0 fully saturated rings. The minimum atomic E-state index is -0.524. The molecule has 0 bridgehead atoms. The SMILES string of the molecule is CCCCCCCCCCc1ccc(C(=O)NCCNC(=O)OC(C)(C)C)cc1. The number of amides is 2. The fourth-order valence-electron chi connectivity index (χ4n) is 3.04. The number of nitrogens with one attached hydrogen (secondary N) is 2. The Bertz CT molecular complexity index is 591. The van der Waals surface area contributed by atoms with Gasteiger partial charge in [0.15, 0.2) is 0 Å². The number of carbonyl (C=O) groups is 2. The fourth-order valence-corrected chi connectivity index (χ4v) is 3.04. The minimum Gasteiger partial charge on any atom is -0.444 e. The molecule has 0 radical (unpaired) electrons. The number of benzene rings is 1. The summed E-state index contributed by atoms with van der Waals surface area (Å²) in [6.45, 7) is 8.38. The second-order valence-corrected chi connectivity index (χ2v) is 8.61. The van der Waals surface area contributed by atoms with Crippen molar-refractivity contribution in [3.8, 4) is 0 Å². The number of hydrogen-bond acceptors (Lipinski definition) is 3. The van der Waals surface area contributed by atoms with Crippen LogP contribution in [0.3, 0.4) is 0 Å². The molecule has 0 aromatic heterocycles. The molecule has 1 aromatic rings. The van der Waals surface area contributed by atoms with E-state index in [9.17, 15) is 9.59 Å². The van der Waals surface area contributed by atoms with Crippen molar-refractivity contribution in [2.24, 2.45) is 0 Å². The average molecular weight is 405 g/mol. The Balaban J connectivity index is 2.17. The van der Waals surface area contributed by atoms with Crippen LogP contribution in [0.25, 0.3) is 0 Å². The molecule has 0 saturated carbocycles. The van der Waals surface area contributed by atoms with E-state index in [-0.39, 0.29) is 5.91 Å². The number of rotatable bonds is 13. The van der Waals surface area contributed by atoms with Crippen LogP contribution in [-0.2, 0) is 11.2 Å². The first-order valence-corrected chi connectivity index (χ1v) is 11.2. The van der Waals surface area contributed by atoms with Gasteiger partial charge in [-0.15, -0.1) is 0 Å². The number of hydrogen-bond donors (Lipinski definition) is 2. The summed E-state index contributed by atoms with van der Waals surface area (Å²) in [6, 6.07) is 7.82. The number of ether oxygens (including phenoxy) is 1. The van der Waals surface area contributed by atoms with Crippen molar-refractivity contribution < 1.29 is 14.3 Å². The van der Waals surface area contributed by atoms with E-state index in [0.29, 0.717) is 18.7 Å². The van der Waals surface area contributed by atoms with Crippen molar-refractivity contribution in [2.45, 2.75) is 91.1 Å². The van der Waals surface area contributed by atoms with Crippen molar-refractivity contribution in [2.75, 3.05) is 13.1 Å². The van der Waals surface area contributed by atoms with Crippen molar-refractivity contribution in [1.82, 2.24) is 10.6 Å². The molecule has 2 amide bonds. The van der Waals surface area contributed by atoms with Gasteiger partial charge in [-0.3, -0.25) is 4.79 Å². The summed E-state index contributed by atoms with van der Waals surface area (Å²) in [6.07, 6.45) is 11.1. The fraction of sp³-hybridized carbons (Fsp3) is 0.667. The third kappa shape index (κ3) is 12.9. The maximum absolute atomic E-state index is 12.2. The van der Waals surface area contributed by atoms with Crippen LogP contribution in [-0.4, -0.2) is 30.7 Å². The highest BCUT2D eigenvalue weighted by molar-refractivity contribution is 5.94. The van der Waals surface area contributed by atoms with Crippen LogP contribution in [0.15, 0.2) is 24.3 Å². The molecule has 0 atom stereocenters. The van der Waals surface area contributed by atoms with Gasteiger partial charge in [0.25, 0.3) is 5.91 Å². The van der Waals surface area contributed by atoms with Crippen LogP contribution >= 0.6 is 0 Å². The number of aryl methyl sites for hydroxylation is 1. The molecule has 0 aliphatic rings. The van der Waals surface area contributed by atoms with E-state index < -0.39 is 11.7 Å². The largest absolute Gasteiger partial charge is 0.444 e. The average Bonchev–Trinajstić information content (AvgIpc) is 2.66. The lowest BCUT2D eigenvalue weighted by Crippen LogP contribution is -2.37. The summed E-state index contributed by atoms with van der Waals surface area (Å²) < 4.78 is 5.15. The van der Waals surface area contributed by atoms with Crippen molar-refractivity contribution in [3.63, 3.8) is 0 Å². The van der Waals surface area contributed by atoms with Crippen LogP contribution in [0.4, 0.5) is 4.79 Å². The van der Waals surface area contributed by atoms with E-state index in [4.69, 9.17) is 4.74 Å². The Kier molecular flexibility index (Phi) is 12.1. The lowest BCUT2D eigenvalue weighted by atomic mass is 10.0. The van der Waals surface area contributed by atoms with Gasteiger partial charge < -0.3 is 15.4 Å². The molecule has 0 aliphatic heterocycles. The Morgan fingerprint density at radius 3 is 1.97 bits per heavy atom. The van der Waals surface area contributed by atoms with Crippen LogP contribution in [0.2, 0.25) is 0 Å². The Labute approximate surface area is 177 Å². The van der Waals surface area contributed by atoms with Gasteiger partial charge in [0.2, 0.25) is 0 Å². The lowest BCUT2D eigenvalue weighted by molar-refractivity contribution is 0.0526. The summed E-state index contributed by atoms with van der Waals surface area (Å²) >= 11 is 0. The van der Waals surface area contributed by atoms with Gasteiger partial charge >= 0.3 is 6.09 Å². The molecular formula is C24H40N2O3. The molecule has 0 unspecified atom stereocenters. The molecule has 0 saturated heterocycles. The zero-order valence-electron chi connectivity index (χ0n) is 18.8. The number of alkyl carbamates (subject to hydrolysis) is 1. The maximum Gasteiger partial charge on any atom is 0.407 e. The Morgan fingerprint density at radius 1 is 0.828 bits per heavy atom. The standard InChI is InChI=1S/C24H40N2O3/c1-5-6-7-8-9-10-11-12-13-20-14-16-21(17-15-20)22(27)25-18-19-26-23(28)29-24(2,3)4/h14-17H,5-13,18-19H2,1-4H3,(H,25,27)(H,26,28). The molecular weight excluding hydrogens is 364 g/mol. The van der Waals surface area contributed by atoms with Crippen LogP contribution in [0.1, 0.15) is 95.0 Å². The van der Waals surface area contributed by atoms with Gasteiger partial charge in [-0.2, -0.15) is 0 Å². The third-order valence-corrected chi connectivity index (χ3v) is 4.61. The Hall–Kier alpha value is -2.04. The van der Waals surface area contributed by atoms with E-state index in [2.05, 4.69) is 17.6 Å². The monoisotopic (exact) mass is 404 g/mol. The Morgan fingerprint density at radius 2 is 1.38 bits per heavy atom. The van der Waals surface area contributed by atoms with Gasteiger partial charge in [0, 0.05) is 18.7 Å². The molecule has 29 heavy (non-hydrogen) atoms. The topological polar surface area (TPSA) is 67.4 Å². The first-order chi connectivity index (χ1) is 13.8. The van der Waals surface area contributed by atoms with Crippen molar-refractivity contribution >= 4 is 12.0 Å². The normalized spacial score (nSPS) is 11.2. The van der Waals surface area contributed by atoms with Gasteiger partial charge in [0.1, 0.15) is 5.60 Å². The lowest BCUT2D eigenvalue weighted by Gasteiger charge is -2.19. The highest BCUT2D eigenvalue weighted by atomic mass is 16.6. The van der Waals surface area contributed by atoms with Gasteiger partial charge in [-0.1, -0.05) is 64.0 Å². The van der Waals surface area contributed by atoms with Crippen LogP contribution in [0, 0.1) is 0 Å². The predicted molar refractivity (Wildman–Crippen MR) is 119 cm³/mol. The minimum absolute atomic E-state index is 0.130. The van der Waals surface area contributed by atoms with Crippen molar-refractivity contribution in [3.05, 3.63) is 35.4 Å². The summed E-state index contributed by atoms with van der Waals surface area (Å²) in [5.74, 6) is -0.130. The molecule has 5 nitrogen and oxygen atoms in total. The van der Waals surface area contributed by atoms with E-state index in [1.54, 1.807) is 0 Å². The van der Waals surface area contributed by atoms with Crippen LogP contribution in [0.5, 0.6) is 0 Å². The highest BCUT2D eigenvalue weighted by Crippen LogP contribution is 2.12. The zero-order chi connectivity index (χ0) is 21.5. The molecule has 0 heterocycles. The molecule has 1 rings (SSSR count). The summed E-state index contributed by atoms with van der Waals surface area (Å²) in [5.41, 5.74) is 1.39. The van der Waals surface area contributed by atoms with Gasteiger partial charge in [-0.05, 0) is 51.3 Å². The van der Waals surface area contributed by atoms with Gasteiger partial charge in [-0.25, -0.2) is 4.79 Å². The van der Waals surface area contributed by atoms with Gasteiger partial charge in [0.05, 0.1) is 0 Å². The highest BCUT2D eigenvalue weighted by Gasteiger charge is 2.15. The van der Waals surface area contributed by atoms with Crippen LogP contribution < -0.4 is 10.6 Å². The van der Waals surface area contributed by atoms with E-state index >= 15 is 0 Å².